The minimum absolute atomic E-state index is 0.162. The summed E-state index contributed by atoms with van der Waals surface area (Å²) < 4.78 is 9.75. The average Bonchev–Trinajstić information content (AvgIpc) is 2.45. The fraction of sp³-hybridized carbons (Fsp3) is 0.308. The van der Waals surface area contributed by atoms with E-state index in [0.29, 0.717) is 5.75 Å². The lowest BCUT2D eigenvalue weighted by Crippen LogP contribution is -2.26. The zero-order chi connectivity index (χ0) is 14.1. The van der Waals surface area contributed by atoms with E-state index in [0.717, 1.165) is 5.56 Å². The van der Waals surface area contributed by atoms with Crippen LogP contribution in [0.1, 0.15) is 5.56 Å². The molecule has 19 heavy (non-hydrogen) atoms. The van der Waals surface area contributed by atoms with Crippen LogP contribution < -0.4 is 15.8 Å². The maximum absolute atomic E-state index is 10.8. The maximum Gasteiger partial charge on any atom is 0.410 e. The molecule has 0 aromatic heterocycles. The largest absolute Gasteiger partial charge is 0.491 e. The highest BCUT2D eigenvalue weighted by Gasteiger charge is 2.01. The zero-order valence-electron chi connectivity index (χ0n) is 10.7. The Balaban J connectivity index is 2.45. The molecule has 0 aliphatic carbocycles. The van der Waals surface area contributed by atoms with Crippen LogP contribution >= 0.6 is 0 Å². The molecule has 1 rings (SSSR count). The SMILES string of the molecule is COC(=O)NC=Cc1ccc(OCC(O)CN)cc1. The maximum atomic E-state index is 10.8. The van der Waals surface area contributed by atoms with Crippen molar-refractivity contribution in [1.29, 1.82) is 0 Å². The second-order valence-corrected chi connectivity index (χ2v) is 3.74. The Morgan fingerprint density at radius 1 is 1.47 bits per heavy atom. The molecule has 0 fully saturated rings. The highest BCUT2D eigenvalue weighted by molar-refractivity contribution is 5.69. The third-order valence-electron chi connectivity index (χ3n) is 2.26. The molecule has 0 heterocycles. The van der Waals surface area contributed by atoms with Crippen molar-refractivity contribution in [2.75, 3.05) is 20.3 Å². The van der Waals surface area contributed by atoms with Crippen LogP contribution in [0.3, 0.4) is 0 Å². The molecule has 0 radical (unpaired) electrons. The number of hydrogen-bond donors (Lipinski definition) is 3. The van der Waals surface area contributed by atoms with Gasteiger partial charge in [-0.15, -0.1) is 0 Å². The van der Waals surface area contributed by atoms with E-state index in [2.05, 4.69) is 10.1 Å². The van der Waals surface area contributed by atoms with Gasteiger partial charge < -0.3 is 20.3 Å². The molecule has 104 valence electrons. The predicted molar refractivity (Wildman–Crippen MR) is 71.6 cm³/mol. The van der Waals surface area contributed by atoms with E-state index < -0.39 is 12.2 Å². The van der Waals surface area contributed by atoms with Gasteiger partial charge in [0, 0.05) is 12.7 Å². The van der Waals surface area contributed by atoms with Crippen LogP contribution in [0, 0.1) is 0 Å². The normalized spacial score (nSPS) is 12.2. The van der Waals surface area contributed by atoms with Crippen LogP contribution in [-0.2, 0) is 4.74 Å². The summed E-state index contributed by atoms with van der Waals surface area (Å²) in [5, 5.41) is 11.7. The highest BCUT2D eigenvalue weighted by Crippen LogP contribution is 2.13. The number of alkyl carbamates (subject to hydrolysis) is 1. The number of benzene rings is 1. The Labute approximate surface area is 111 Å². The van der Waals surface area contributed by atoms with Gasteiger partial charge in [0.1, 0.15) is 18.5 Å². The number of aliphatic hydroxyl groups excluding tert-OH is 1. The molecule has 0 aliphatic heterocycles. The summed E-state index contributed by atoms with van der Waals surface area (Å²) in [5.74, 6) is 0.644. The summed E-state index contributed by atoms with van der Waals surface area (Å²) in [4.78, 5) is 10.8. The lowest BCUT2D eigenvalue weighted by Gasteiger charge is -2.10. The number of methoxy groups -OCH3 is 1. The molecule has 6 heteroatoms. The molecule has 0 aliphatic rings. The van der Waals surface area contributed by atoms with Gasteiger partial charge in [-0.3, -0.25) is 5.32 Å². The van der Waals surface area contributed by atoms with E-state index in [1.165, 1.54) is 13.3 Å². The predicted octanol–water partition coefficient (Wildman–Crippen LogP) is 0.712. The first-order chi connectivity index (χ1) is 9.15. The first-order valence-corrected chi connectivity index (χ1v) is 5.77. The second-order valence-electron chi connectivity index (χ2n) is 3.74. The fourth-order valence-corrected chi connectivity index (χ4v) is 1.20. The number of amides is 1. The summed E-state index contributed by atoms with van der Waals surface area (Å²) in [6.45, 7) is 0.329. The topological polar surface area (TPSA) is 93.8 Å². The Kier molecular flexibility index (Phi) is 6.42. The minimum atomic E-state index is -0.663. The number of rotatable bonds is 6. The molecule has 1 unspecified atom stereocenters. The molecule has 0 saturated heterocycles. The molecular weight excluding hydrogens is 248 g/mol. The van der Waals surface area contributed by atoms with Crippen LogP contribution in [0.5, 0.6) is 5.75 Å². The van der Waals surface area contributed by atoms with Crippen molar-refractivity contribution in [3.8, 4) is 5.75 Å². The summed E-state index contributed by atoms with van der Waals surface area (Å²) in [7, 11) is 1.30. The average molecular weight is 266 g/mol. The summed E-state index contributed by atoms with van der Waals surface area (Å²) in [5.41, 5.74) is 6.16. The van der Waals surface area contributed by atoms with Gasteiger partial charge in [0.15, 0.2) is 0 Å². The van der Waals surface area contributed by atoms with E-state index in [1.54, 1.807) is 18.2 Å². The lowest BCUT2D eigenvalue weighted by molar-refractivity contribution is 0.114. The van der Waals surface area contributed by atoms with Crippen molar-refractivity contribution in [2.45, 2.75) is 6.10 Å². The van der Waals surface area contributed by atoms with Crippen molar-refractivity contribution in [1.82, 2.24) is 5.32 Å². The number of aliphatic hydroxyl groups is 1. The number of ether oxygens (including phenoxy) is 2. The Morgan fingerprint density at radius 2 is 2.16 bits per heavy atom. The van der Waals surface area contributed by atoms with E-state index >= 15 is 0 Å². The van der Waals surface area contributed by atoms with Crippen molar-refractivity contribution in [3.63, 3.8) is 0 Å². The van der Waals surface area contributed by atoms with Gasteiger partial charge in [-0.25, -0.2) is 4.79 Å². The first kappa shape index (κ1) is 15.0. The standard InChI is InChI=1S/C13H18N2O4/c1-18-13(17)15-7-6-10-2-4-12(5-3-10)19-9-11(16)8-14/h2-7,11,16H,8-9,14H2,1H3,(H,15,17). The molecule has 1 aromatic carbocycles. The molecule has 4 N–H and O–H groups in total. The number of nitrogens with two attached hydrogens (primary N) is 1. The van der Waals surface area contributed by atoms with Crippen molar-refractivity contribution in [2.24, 2.45) is 5.73 Å². The fourth-order valence-electron chi connectivity index (χ4n) is 1.20. The molecule has 1 atom stereocenters. The van der Waals surface area contributed by atoms with Crippen molar-refractivity contribution < 1.29 is 19.4 Å². The zero-order valence-corrected chi connectivity index (χ0v) is 10.7. The van der Waals surface area contributed by atoms with Gasteiger partial charge in [-0.05, 0) is 23.8 Å². The number of hydrogen-bond acceptors (Lipinski definition) is 5. The van der Waals surface area contributed by atoms with E-state index in [9.17, 15) is 9.90 Å². The van der Waals surface area contributed by atoms with Crippen LogP contribution in [0.25, 0.3) is 6.08 Å². The minimum Gasteiger partial charge on any atom is -0.491 e. The molecule has 6 nitrogen and oxygen atoms in total. The third-order valence-corrected chi connectivity index (χ3v) is 2.26. The molecule has 1 aromatic rings. The van der Waals surface area contributed by atoms with E-state index in [-0.39, 0.29) is 13.2 Å². The van der Waals surface area contributed by atoms with Gasteiger partial charge in [0.25, 0.3) is 0 Å². The molecule has 1 amide bonds. The van der Waals surface area contributed by atoms with Gasteiger partial charge in [0.05, 0.1) is 7.11 Å². The highest BCUT2D eigenvalue weighted by atomic mass is 16.5. The van der Waals surface area contributed by atoms with E-state index in [4.69, 9.17) is 10.5 Å². The smallest absolute Gasteiger partial charge is 0.410 e. The Morgan fingerprint density at radius 3 is 2.74 bits per heavy atom. The van der Waals surface area contributed by atoms with Crippen LogP contribution in [0.15, 0.2) is 30.5 Å². The third kappa shape index (κ3) is 5.89. The Hall–Kier alpha value is -2.05. The molecule has 0 bridgehead atoms. The van der Waals surface area contributed by atoms with Gasteiger partial charge >= 0.3 is 6.09 Å². The second kappa shape index (κ2) is 8.12. The number of carbonyl (C=O) groups excluding carboxylic acids is 1. The van der Waals surface area contributed by atoms with Crippen LogP contribution in [0.2, 0.25) is 0 Å². The van der Waals surface area contributed by atoms with Gasteiger partial charge in [0.2, 0.25) is 0 Å². The molecule has 0 spiro atoms. The quantitative estimate of drug-likeness (QED) is 0.705. The monoisotopic (exact) mass is 266 g/mol. The number of nitrogens with one attached hydrogen (secondary N) is 1. The summed E-state index contributed by atoms with van der Waals surface area (Å²) in [6.07, 6.45) is 2.02. The summed E-state index contributed by atoms with van der Waals surface area (Å²) in [6, 6.07) is 7.17. The van der Waals surface area contributed by atoms with Crippen molar-refractivity contribution in [3.05, 3.63) is 36.0 Å². The number of carbonyl (C=O) groups is 1. The van der Waals surface area contributed by atoms with Crippen LogP contribution in [0.4, 0.5) is 4.79 Å². The van der Waals surface area contributed by atoms with Gasteiger partial charge in [-0.1, -0.05) is 12.1 Å². The van der Waals surface area contributed by atoms with E-state index in [1.807, 2.05) is 12.1 Å². The lowest BCUT2D eigenvalue weighted by atomic mass is 10.2. The van der Waals surface area contributed by atoms with Gasteiger partial charge in [-0.2, -0.15) is 0 Å². The molecular formula is C13H18N2O4. The van der Waals surface area contributed by atoms with Crippen molar-refractivity contribution >= 4 is 12.2 Å². The molecule has 0 saturated carbocycles. The van der Waals surface area contributed by atoms with Crippen LogP contribution in [-0.4, -0.2) is 37.6 Å². The first-order valence-electron chi connectivity index (χ1n) is 5.77. The summed E-state index contributed by atoms with van der Waals surface area (Å²) >= 11 is 0. The Bertz CT molecular complexity index is 417.